The first kappa shape index (κ1) is 36.4. The van der Waals surface area contributed by atoms with E-state index in [9.17, 15) is 24.6 Å². The van der Waals surface area contributed by atoms with E-state index >= 15 is 0 Å². The number of aliphatic hydroxyl groups is 1. The van der Waals surface area contributed by atoms with Gasteiger partial charge in [0.05, 0.1) is 41.5 Å². The molecule has 4 N–H and O–H groups in total. The third-order valence-corrected chi connectivity index (χ3v) is 10.8. The maximum Gasteiger partial charge on any atom is 0.407 e. The van der Waals surface area contributed by atoms with E-state index in [4.69, 9.17) is 38.0 Å². The van der Waals surface area contributed by atoms with Crippen molar-refractivity contribution in [2.24, 2.45) is 7.05 Å². The van der Waals surface area contributed by atoms with Crippen LogP contribution in [-0.2, 0) is 24.9 Å². The Morgan fingerprint density at radius 3 is 2.40 bits per heavy atom. The van der Waals surface area contributed by atoms with Crippen molar-refractivity contribution in [2.75, 3.05) is 13.7 Å². The molecule has 13 nitrogen and oxygen atoms in total. The highest BCUT2D eigenvalue weighted by atomic mass is 35.5. The van der Waals surface area contributed by atoms with Crippen LogP contribution in [0.3, 0.4) is 0 Å². The molecule has 1 aliphatic carbocycles. The number of ether oxygens (including phenoxy) is 1. The summed E-state index contributed by atoms with van der Waals surface area (Å²) < 4.78 is 8.70. The number of methoxy groups -OCH3 is 1. The van der Waals surface area contributed by atoms with E-state index in [0.717, 1.165) is 0 Å². The van der Waals surface area contributed by atoms with Crippen molar-refractivity contribution in [3.63, 3.8) is 0 Å². The Labute approximate surface area is 315 Å². The lowest BCUT2D eigenvalue weighted by Gasteiger charge is -2.41. The maximum absolute atomic E-state index is 13.4. The average Bonchev–Trinajstić information content (AvgIpc) is 3.74. The van der Waals surface area contributed by atoms with Gasteiger partial charge in [-0.2, -0.15) is 5.10 Å². The Hall–Kier alpha value is -4.95. The standard InChI is InChI=1S/C38H39Cl2N7O6/c1-38(52)15-24(16-38)41-17-31-44-47-19-22(14-30(47)36(49)45(31)2)25-6-4-7-26(33(25)39)27-8-5-9-28(34(27)40)29-12-10-21(35(43-29)53-3)18-46(37(50)51)20-23-11-13-32(48)42-23/h4-10,12,14,19,23-24,41,52H,11,13,15-18,20H2,1-3H3,(H,42,48)(H,50,51). The summed E-state index contributed by atoms with van der Waals surface area (Å²) in [4.78, 5) is 43.0. The molecule has 1 atom stereocenters. The summed E-state index contributed by atoms with van der Waals surface area (Å²) in [6.07, 6.45) is 2.91. The van der Waals surface area contributed by atoms with Gasteiger partial charge in [-0.3, -0.25) is 14.2 Å². The summed E-state index contributed by atoms with van der Waals surface area (Å²) in [5.74, 6) is 0.732. The first-order chi connectivity index (χ1) is 25.3. The highest BCUT2D eigenvalue weighted by Gasteiger charge is 2.38. The van der Waals surface area contributed by atoms with Gasteiger partial charge in [-0.05, 0) is 44.4 Å². The van der Waals surface area contributed by atoms with E-state index in [1.54, 1.807) is 36.0 Å². The molecule has 2 amide bonds. The van der Waals surface area contributed by atoms with Crippen molar-refractivity contribution in [1.29, 1.82) is 0 Å². The predicted molar refractivity (Wildman–Crippen MR) is 201 cm³/mol. The lowest BCUT2D eigenvalue weighted by Crippen LogP contribution is -2.51. The van der Waals surface area contributed by atoms with Crippen LogP contribution in [0.15, 0.2) is 65.6 Å². The minimum Gasteiger partial charge on any atom is -0.481 e. The molecule has 276 valence electrons. The molecule has 2 aliphatic rings. The summed E-state index contributed by atoms with van der Waals surface area (Å²) in [5.41, 5.74) is 3.99. The van der Waals surface area contributed by atoms with Crippen LogP contribution in [-0.4, -0.2) is 77.6 Å². The number of hydrogen-bond donors (Lipinski definition) is 4. The van der Waals surface area contributed by atoms with Crippen molar-refractivity contribution in [1.82, 2.24) is 34.7 Å². The van der Waals surface area contributed by atoms with Crippen molar-refractivity contribution >= 4 is 40.7 Å². The van der Waals surface area contributed by atoms with Crippen LogP contribution in [0.5, 0.6) is 5.88 Å². The van der Waals surface area contributed by atoms with E-state index in [0.29, 0.717) is 92.7 Å². The highest BCUT2D eigenvalue weighted by molar-refractivity contribution is 6.39. The quantitative estimate of drug-likeness (QED) is 0.136. The minimum atomic E-state index is -1.11. The number of nitrogens with zero attached hydrogens (tertiary/aromatic N) is 5. The van der Waals surface area contributed by atoms with Gasteiger partial charge in [-0.15, -0.1) is 0 Å². The molecule has 1 unspecified atom stereocenters. The van der Waals surface area contributed by atoms with E-state index in [-0.39, 0.29) is 42.5 Å². The average molecular weight is 761 g/mol. The fourth-order valence-corrected chi connectivity index (χ4v) is 7.83. The van der Waals surface area contributed by atoms with Crippen molar-refractivity contribution in [3.05, 3.63) is 92.6 Å². The van der Waals surface area contributed by atoms with Crippen LogP contribution >= 0.6 is 23.2 Å². The number of carbonyl (C=O) groups is 2. The molecular weight excluding hydrogens is 721 g/mol. The zero-order valence-electron chi connectivity index (χ0n) is 29.4. The minimum absolute atomic E-state index is 0.0216. The number of amides is 2. The Bertz CT molecular complexity index is 2300. The fourth-order valence-electron chi connectivity index (χ4n) is 7.17. The number of benzene rings is 2. The Balaban J connectivity index is 1.16. The number of hydrogen-bond acceptors (Lipinski definition) is 8. The fraction of sp³-hybridized carbons (Fsp3) is 0.342. The number of pyridine rings is 1. The molecule has 4 heterocycles. The van der Waals surface area contributed by atoms with Gasteiger partial charge in [0, 0.05) is 71.7 Å². The van der Waals surface area contributed by atoms with Crippen LogP contribution < -0.4 is 20.9 Å². The van der Waals surface area contributed by atoms with Gasteiger partial charge < -0.3 is 30.5 Å². The second kappa shape index (κ2) is 14.5. The molecular formula is C38H39Cl2N7O6. The lowest BCUT2D eigenvalue weighted by molar-refractivity contribution is -0.119. The third kappa shape index (κ3) is 7.34. The summed E-state index contributed by atoms with van der Waals surface area (Å²) >= 11 is 14.2. The molecule has 2 fully saturated rings. The lowest BCUT2D eigenvalue weighted by atomic mass is 9.77. The second-order valence-corrected chi connectivity index (χ2v) is 14.7. The number of nitrogens with one attached hydrogen (secondary N) is 2. The normalized spacial score (nSPS) is 19.6. The Morgan fingerprint density at radius 2 is 1.75 bits per heavy atom. The molecule has 53 heavy (non-hydrogen) atoms. The predicted octanol–water partition coefficient (Wildman–Crippen LogP) is 5.51. The van der Waals surface area contributed by atoms with Crippen molar-refractivity contribution in [2.45, 2.75) is 63.4 Å². The van der Waals surface area contributed by atoms with Crippen LogP contribution in [0, 0.1) is 0 Å². The van der Waals surface area contributed by atoms with Crippen LogP contribution in [0.1, 0.15) is 44.0 Å². The van der Waals surface area contributed by atoms with Crippen LogP contribution in [0.2, 0.25) is 10.0 Å². The summed E-state index contributed by atoms with van der Waals surface area (Å²) in [7, 11) is 3.16. The zero-order valence-corrected chi connectivity index (χ0v) is 30.9. The third-order valence-electron chi connectivity index (χ3n) is 10.0. The highest BCUT2D eigenvalue weighted by Crippen LogP contribution is 2.42. The van der Waals surface area contributed by atoms with E-state index in [2.05, 4.69) is 10.6 Å². The smallest absolute Gasteiger partial charge is 0.407 e. The molecule has 0 radical (unpaired) electrons. The molecule has 0 spiro atoms. The summed E-state index contributed by atoms with van der Waals surface area (Å²) in [6, 6.07) is 16.4. The molecule has 7 rings (SSSR count). The van der Waals surface area contributed by atoms with Gasteiger partial charge in [-0.1, -0.05) is 59.6 Å². The van der Waals surface area contributed by atoms with Crippen molar-refractivity contribution in [3.8, 4) is 39.4 Å². The van der Waals surface area contributed by atoms with Gasteiger partial charge in [0.25, 0.3) is 5.56 Å². The maximum atomic E-state index is 13.4. The number of rotatable bonds is 11. The molecule has 1 aliphatic heterocycles. The van der Waals surface area contributed by atoms with Gasteiger partial charge in [0.1, 0.15) is 11.3 Å². The van der Waals surface area contributed by atoms with Crippen LogP contribution in [0.4, 0.5) is 4.79 Å². The molecule has 1 saturated heterocycles. The number of halogens is 2. The van der Waals surface area contributed by atoms with E-state index < -0.39 is 11.7 Å². The number of fused-ring (bicyclic) bond motifs is 1. The molecule has 2 aromatic carbocycles. The van der Waals surface area contributed by atoms with E-state index in [1.807, 2.05) is 43.3 Å². The van der Waals surface area contributed by atoms with Crippen LogP contribution in [0.25, 0.3) is 39.0 Å². The molecule has 15 heteroatoms. The van der Waals surface area contributed by atoms with E-state index in [1.165, 1.54) is 16.6 Å². The SMILES string of the molecule is COc1nc(-c2cccc(-c3cccc(-c4cc5c(=O)n(C)c(CNC6CC(C)(O)C6)nn5c4)c3Cl)c2Cl)ccc1CN(CC1CCC(=O)N1)C(=O)O. The molecule has 1 saturated carbocycles. The largest absolute Gasteiger partial charge is 0.481 e. The first-order valence-corrected chi connectivity index (χ1v) is 18.0. The van der Waals surface area contributed by atoms with Gasteiger partial charge in [-0.25, -0.2) is 14.3 Å². The first-order valence-electron chi connectivity index (χ1n) is 17.2. The molecule has 5 aromatic rings. The number of carbonyl (C=O) groups excluding carboxylic acids is 1. The number of aromatic nitrogens is 4. The van der Waals surface area contributed by atoms with Crippen molar-refractivity contribution < 1.29 is 24.5 Å². The zero-order chi connectivity index (χ0) is 37.6. The molecule has 3 aromatic heterocycles. The van der Waals surface area contributed by atoms with Gasteiger partial charge >= 0.3 is 6.09 Å². The Morgan fingerprint density at radius 1 is 1.08 bits per heavy atom. The van der Waals surface area contributed by atoms with Gasteiger partial charge in [0.15, 0.2) is 0 Å². The summed E-state index contributed by atoms with van der Waals surface area (Å²) in [6.45, 7) is 2.37. The second-order valence-electron chi connectivity index (χ2n) is 14.0. The topological polar surface area (TPSA) is 163 Å². The number of carboxylic acid groups (broad SMARTS) is 1. The molecule has 0 bridgehead atoms. The van der Waals surface area contributed by atoms with Gasteiger partial charge in [0.2, 0.25) is 11.8 Å². The Kier molecular flexibility index (Phi) is 9.94. The summed E-state index contributed by atoms with van der Waals surface area (Å²) in [5, 5.41) is 31.7. The monoisotopic (exact) mass is 759 g/mol.